The zero-order chi connectivity index (χ0) is 35.0. The van der Waals surface area contributed by atoms with Crippen LogP contribution in [0, 0.1) is 11.8 Å². The third kappa shape index (κ3) is 5.09. The van der Waals surface area contributed by atoms with E-state index < -0.39 is 64.2 Å². The Kier molecular flexibility index (Phi) is 7.84. The van der Waals surface area contributed by atoms with Crippen LogP contribution in [0.4, 0.5) is 5.69 Å². The molecule has 14 nitrogen and oxygen atoms in total. The number of para-hydroxylation sites is 1. The average molecular weight is 692 g/mol. The van der Waals surface area contributed by atoms with Gasteiger partial charge in [0.1, 0.15) is 41.3 Å². The van der Waals surface area contributed by atoms with Crippen molar-refractivity contribution in [2.75, 3.05) is 10.6 Å². The Hall–Kier alpha value is -4.73. The number of benzene rings is 2. The molecular formula is C34H37N5O9S. The summed E-state index contributed by atoms with van der Waals surface area (Å²) in [4.78, 5) is 36.4. The fourth-order valence-electron chi connectivity index (χ4n) is 6.94. The Morgan fingerprint density at radius 1 is 1.14 bits per heavy atom. The Labute approximate surface area is 282 Å². The number of fused-ring (bicyclic) bond motifs is 4. The summed E-state index contributed by atoms with van der Waals surface area (Å²) in [5.74, 6) is -1.24. The lowest BCUT2D eigenvalue weighted by molar-refractivity contribution is -0.135. The van der Waals surface area contributed by atoms with Crippen molar-refractivity contribution in [1.29, 1.82) is 0 Å². The third-order valence-corrected chi connectivity index (χ3v) is 10.4. The van der Waals surface area contributed by atoms with Crippen molar-refractivity contribution >= 4 is 27.5 Å². The predicted molar refractivity (Wildman–Crippen MR) is 175 cm³/mol. The first-order valence-electron chi connectivity index (χ1n) is 16.0. The number of aromatic nitrogens is 2. The van der Waals surface area contributed by atoms with Gasteiger partial charge in [-0.3, -0.25) is 9.59 Å². The molecule has 2 aromatic carbocycles. The number of rotatable bonds is 7. The summed E-state index contributed by atoms with van der Waals surface area (Å²) < 4.78 is 47.4. The van der Waals surface area contributed by atoms with Crippen LogP contribution in [0.5, 0.6) is 5.75 Å². The monoisotopic (exact) mass is 691 g/mol. The summed E-state index contributed by atoms with van der Waals surface area (Å²) in [6, 6.07) is 10.3. The number of carbonyl (C=O) groups excluding carboxylic acids is 2. The highest BCUT2D eigenvalue weighted by Gasteiger charge is 2.65. The van der Waals surface area contributed by atoms with E-state index in [2.05, 4.69) is 15.6 Å². The van der Waals surface area contributed by atoms with Gasteiger partial charge >= 0.3 is 0 Å². The number of anilines is 1. The number of amides is 2. The summed E-state index contributed by atoms with van der Waals surface area (Å²) in [5.41, 5.74) is 1.04. The van der Waals surface area contributed by atoms with E-state index in [-0.39, 0.29) is 41.3 Å². The predicted octanol–water partition coefficient (Wildman–Crippen LogP) is 2.53. The Balaban J connectivity index is 1.53. The highest BCUT2D eigenvalue weighted by molar-refractivity contribution is 7.92. The van der Waals surface area contributed by atoms with Gasteiger partial charge < -0.3 is 34.4 Å². The Bertz CT molecular complexity index is 2070. The van der Waals surface area contributed by atoms with Crippen molar-refractivity contribution in [3.8, 4) is 17.3 Å². The molecule has 3 aliphatic rings. The van der Waals surface area contributed by atoms with Crippen molar-refractivity contribution in [2.45, 2.75) is 70.6 Å². The number of hydrogen-bond acceptors (Lipinski definition) is 11. The van der Waals surface area contributed by atoms with Gasteiger partial charge in [0.15, 0.2) is 11.5 Å². The zero-order valence-corrected chi connectivity index (χ0v) is 28.3. The van der Waals surface area contributed by atoms with Gasteiger partial charge in [0.2, 0.25) is 39.8 Å². The van der Waals surface area contributed by atoms with Crippen LogP contribution in [0.1, 0.15) is 67.8 Å². The molecule has 0 saturated carbocycles. The molecule has 7 rings (SSSR count). The van der Waals surface area contributed by atoms with Crippen LogP contribution in [0.3, 0.4) is 0 Å². The summed E-state index contributed by atoms with van der Waals surface area (Å²) in [6.07, 6.45) is -0.0973. The Morgan fingerprint density at radius 2 is 1.90 bits per heavy atom. The third-order valence-electron chi connectivity index (χ3n) is 9.34. The normalized spacial score (nSPS) is 23.3. The Morgan fingerprint density at radius 3 is 2.57 bits per heavy atom. The lowest BCUT2D eigenvalue weighted by Crippen LogP contribution is -2.52. The summed E-state index contributed by atoms with van der Waals surface area (Å²) in [6.45, 7) is 6.72. The van der Waals surface area contributed by atoms with Gasteiger partial charge in [0.25, 0.3) is 0 Å². The van der Waals surface area contributed by atoms with Crippen molar-refractivity contribution in [1.82, 2.24) is 20.6 Å². The van der Waals surface area contributed by atoms with E-state index in [9.17, 15) is 28.2 Å². The van der Waals surface area contributed by atoms with Crippen LogP contribution in [0.15, 0.2) is 57.6 Å². The maximum Gasteiger partial charge on any atom is 0.249 e. The fraction of sp³-hybridized carbons (Fsp3) is 0.412. The van der Waals surface area contributed by atoms with E-state index in [1.165, 1.54) is 10.6 Å². The number of aliphatic hydroxyl groups excluding tert-OH is 2. The van der Waals surface area contributed by atoms with Crippen molar-refractivity contribution < 1.29 is 41.8 Å². The largest absolute Gasteiger partial charge is 0.467 e. The molecule has 4 aromatic rings. The minimum atomic E-state index is -3.94. The number of sulfonamides is 1. The van der Waals surface area contributed by atoms with Crippen LogP contribution >= 0.6 is 0 Å². The average Bonchev–Trinajstić information content (AvgIpc) is 3.82. The van der Waals surface area contributed by atoms with E-state index in [1.807, 2.05) is 26.0 Å². The number of nitrogens with zero attached hydrogens (tertiary/aromatic N) is 3. The SMILES string of the molecule is CC(C)[C@H](O)C(=O)N[C@H]1Cc2ccc3c(c2)C2(c4ccccc4N(S(C)(=O)=O)[C@@H]2O3)c2oc(nc2-c2nc(CO)co2)[C@H](C(C)C)NC1=O. The number of oxazole rings is 2. The smallest absolute Gasteiger partial charge is 0.249 e. The van der Waals surface area contributed by atoms with Gasteiger partial charge in [-0.05, 0) is 29.5 Å². The summed E-state index contributed by atoms with van der Waals surface area (Å²) >= 11 is 0. The van der Waals surface area contributed by atoms with E-state index >= 15 is 0 Å². The molecule has 1 spiro atoms. The minimum Gasteiger partial charge on any atom is -0.467 e. The van der Waals surface area contributed by atoms with Gasteiger partial charge in [0.05, 0.1) is 18.6 Å². The highest BCUT2D eigenvalue weighted by Crippen LogP contribution is 2.62. The maximum atomic E-state index is 14.0. The summed E-state index contributed by atoms with van der Waals surface area (Å²) in [5, 5.41) is 26.0. The van der Waals surface area contributed by atoms with E-state index in [4.69, 9.17) is 18.6 Å². The molecule has 4 bridgehead atoms. The molecule has 5 atom stereocenters. The second-order valence-corrected chi connectivity index (χ2v) is 15.3. The fourth-order valence-corrected chi connectivity index (χ4v) is 8.00. The van der Waals surface area contributed by atoms with Gasteiger partial charge in [-0.1, -0.05) is 58.0 Å². The van der Waals surface area contributed by atoms with Crippen molar-refractivity contribution in [2.24, 2.45) is 11.8 Å². The van der Waals surface area contributed by atoms with Crippen LogP contribution in [0.25, 0.3) is 11.6 Å². The topological polar surface area (TPSA) is 197 Å². The number of hydrogen-bond donors (Lipinski definition) is 4. The summed E-state index contributed by atoms with van der Waals surface area (Å²) in [7, 11) is -3.94. The maximum absolute atomic E-state index is 14.0. The zero-order valence-electron chi connectivity index (χ0n) is 27.5. The molecule has 3 aliphatic heterocycles. The highest BCUT2D eigenvalue weighted by atomic mass is 32.2. The number of aliphatic hydroxyl groups is 2. The second-order valence-electron chi connectivity index (χ2n) is 13.4. The molecule has 258 valence electrons. The molecule has 49 heavy (non-hydrogen) atoms. The van der Waals surface area contributed by atoms with Crippen molar-refractivity contribution in [3.05, 3.63) is 82.8 Å². The molecule has 2 aromatic heterocycles. The van der Waals surface area contributed by atoms with Crippen LogP contribution in [-0.4, -0.2) is 65.0 Å². The second kappa shape index (κ2) is 11.7. The molecule has 0 aliphatic carbocycles. The molecule has 1 unspecified atom stereocenters. The first-order valence-corrected chi connectivity index (χ1v) is 17.8. The van der Waals surface area contributed by atoms with E-state index in [0.717, 1.165) is 6.26 Å². The number of carbonyl (C=O) groups is 2. The molecule has 15 heteroatoms. The van der Waals surface area contributed by atoms with E-state index in [1.54, 1.807) is 44.2 Å². The van der Waals surface area contributed by atoms with Gasteiger partial charge in [-0.2, -0.15) is 0 Å². The van der Waals surface area contributed by atoms with Gasteiger partial charge in [-0.15, -0.1) is 0 Å². The van der Waals surface area contributed by atoms with E-state index in [0.29, 0.717) is 28.1 Å². The van der Waals surface area contributed by atoms with Gasteiger partial charge in [0, 0.05) is 17.5 Å². The first-order chi connectivity index (χ1) is 23.2. The quantitative estimate of drug-likeness (QED) is 0.222. The van der Waals surface area contributed by atoms with Crippen LogP contribution in [0.2, 0.25) is 0 Å². The molecule has 0 saturated heterocycles. The molecule has 5 heterocycles. The molecule has 0 fully saturated rings. The van der Waals surface area contributed by atoms with Crippen LogP contribution < -0.4 is 19.7 Å². The lowest BCUT2D eigenvalue weighted by atomic mass is 9.72. The van der Waals surface area contributed by atoms with Gasteiger partial charge in [-0.25, -0.2) is 22.7 Å². The number of nitrogens with one attached hydrogen (secondary N) is 2. The number of ether oxygens (including phenoxy) is 1. The van der Waals surface area contributed by atoms with Crippen molar-refractivity contribution in [3.63, 3.8) is 0 Å². The molecule has 4 N–H and O–H groups in total. The molecule has 0 radical (unpaired) electrons. The lowest BCUT2D eigenvalue weighted by Gasteiger charge is -2.31. The van der Waals surface area contributed by atoms with Crippen LogP contribution in [-0.2, 0) is 38.1 Å². The molecule has 2 amide bonds. The minimum absolute atomic E-state index is 0.0126. The first kappa shape index (κ1) is 32.8. The standard InChI is InChI=1S/C34H37N5O9S/c1-16(2)25-32-38-26(31-35-19(14-40)15-46-31)28(48-32)34-20-8-6-7-9-23(20)39(49(5,44)45)33(34)47-24-11-10-18(12-21(24)34)13-22(29(42)37-25)36-30(43)27(41)17(3)4/h6-12,15-17,22,25,27,33,40-41H,13-14H2,1-5H3,(H,36,43)(H,37,42)/t22-,25-,27-,33+,34?/m0/s1. The molecular weight excluding hydrogens is 654 g/mol.